The Morgan fingerprint density at radius 1 is 1.33 bits per heavy atom. The molecule has 1 atom stereocenters. The van der Waals surface area contributed by atoms with Crippen LogP contribution in [0.3, 0.4) is 0 Å². The second kappa shape index (κ2) is 4.53. The summed E-state index contributed by atoms with van der Waals surface area (Å²) in [5, 5.41) is 9.11. The second-order valence-corrected chi connectivity index (χ2v) is 3.67. The SMILES string of the molecule is C/C(=C/C(C)O)c1cc(F)c(C)cc1F. The fourth-order valence-electron chi connectivity index (χ4n) is 1.40. The van der Waals surface area contributed by atoms with E-state index in [4.69, 9.17) is 5.11 Å². The minimum Gasteiger partial charge on any atom is -0.389 e. The Labute approximate surface area is 88.1 Å². The van der Waals surface area contributed by atoms with Crippen molar-refractivity contribution >= 4 is 5.57 Å². The number of halogens is 2. The van der Waals surface area contributed by atoms with Gasteiger partial charge in [0.1, 0.15) is 11.6 Å². The first-order valence-electron chi connectivity index (χ1n) is 4.74. The summed E-state index contributed by atoms with van der Waals surface area (Å²) >= 11 is 0. The predicted molar refractivity (Wildman–Crippen MR) is 56.4 cm³/mol. The van der Waals surface area contributed by atoms with E-state index in [9.17, 15) is 8.78 Å². The number of rotatable bonds is 2. The quantitative estimate of drug-likeness (QED) is 0.798. The molecular formula is C12H14F2O. The highest BCUT2D eigenvalue weighted by Crippen LogP contribution is 2.21. The molecule has 0 saturated heterocycles. The zero-order chi connectivity index (χ0) is 11.6. The maximum atomic E-state index is 13.4. The van der Waals surface area contributed by atoms with E-state index in [-0.39, 0.29) is 11.1 Å². The van der Waals surface area contributed by atoms with Crippen LogP contribution in [-0.4, -0.2) is 11.2 Å². The number of aliphatic hydroxyl groups excluding tert-OH is 1. The van der Waals surface area contributed by atoms with Crippen molar-refractivity contribution in [2.24, 2.45) is 0 Å². The fraction of sp³-hybridized carbons (Fsp3) is 0.333. The molecule has 0 heterocycles. The predicted octanol–water partition coefficient (Wildman–Crippen LogP) is 3.06. The van der Waals surface area contributed by atoms with Crippen LogP contribution in [0.1, 0.15) is 25.0 Å². The molecule has 0 amide bonds. The highest BCUT2D eigenvalue weighted by Gasteiger charge is 2.09. The van der Waals surface area contributed by atoms with Crippen LogP contribution in [0.4, 0.5) is 8.78 Å². The van der Waals surface area contributed by atoms with Gasteiger partial charge in [-0.3, -0.25) is 0 Å². The van der Waals surface area contributed by atoms with Gasteiger partial charge in [-0.2, -0.15) is 0 Å². The lowest BCUT2D eigenvalue weighted by Gasteiger charge is -2.07. The van der Waals surface area contributed by atoms with Crippen LogP contribution < -0.4 is 0 Å². The molecule has 1 rings (SSSR count). The molecular weight excluding hydrogens is 198 g/mol. The lowest BCUT2D eigenvalue weighted by molar-refractivity contribution is 0.244. The van der Waals surface area contributed by atoms with E-state index in [1.54, 1.807) is 13.8 Å². The number of hydrogen-bond acceptors (Lipinski definition) is 1. The third-order valence-corrected chi connectivity index (χ3v) is 2.16. The van der Waals surface area contributed by atoms with Gasteiger partial charge in [-0.25, -0.2) is 8.78 Å². The lowest BCUT2D eigenvalue weighted by Crippen LogP contribution is -1.97. The van der Waals surface area contributed by atoms with Crippen LogP contribution in [0.15, 0.2) is 18.2 Å². The van der Waals surface area contributed by atoms with Crippen molar-refractivity contribution in [3.05, 3.63) is 41.0 Å². The molecule has 0 aliphatic carbocycles. The average molecular weight is 212 g/mol. The van der Waals surface area contributed by atoms with E-state index in [2.05, 4.69) is 0 Å². The summed E-state index contributed by atoms with van der Waals surface area (Å²) in [5.41, 5.74) is 1.00. The normalized spacial score (nSPS) is 14.1. The molecule has 1 unspecified atom stereocenters. The summed E-state index contributed by atoms with van der Waals surface area (Å²) in [6, 6.07) is 2.31. The van der Waals surface area contributed by atoms with Crippen molar-refractivity contribution in [3.63, 3.8) is 0 Å². The Balaban J connectivity index is 3.21. The molecule has 0 spiro atoms. The lowest BCUT2D eigenvalue weighted by atomic mass is 10.0. The maximum absolute atomic E-state index is 13.4. The van der Waals surface area contributed by atoms with Crippen LogP contribution >= 0.6 is 0 Å². The molecule has 15 heavy (non-hydrogen) atoms. The molecule has 0 saturated carbocycles. The Bertz CT molecular complexity index is 395. The molecule has 1 N–H and O–H groups in total. The monoisotopic (exact) mass is 212 g/mol. The van der Waals surface area contributed by atoms with E-state index in [1.807, 2.05) is 0 Å². The van der Waals surface area contributed by atoms with E-state index < -0.39 is 17.7 Å². The number of allylic oxidation sites excluding steroid dienone is 1. The third kappa shape index (κ3) is 2.86. The maximum Gasteiger partial charge on any atom is 0.131 e. The second-order valence-electron chi connectivity index (χ2n) is 3.67. The van der Waals surface area contributed by atoms with Gasteiger partial charge in [-0.15, -0.1) is 0 Å². The zero-order valence-corrected chi connectivity index (χ0v) is 9.01. The van der Waals surface area contributed by atoms with Crippen molar-refractivity contribution < 1.29 is 13.9 Å². The molecule has 0 radical (unpaired) electrons. The Kier molecular flexibility index (Phi) is 3.58. The number of aryl methyl sites for hydroxylation is 1. The van der Waals surface area contributed by atoms with Crippen molar-refractivity contribution in [2.45, 2.75) is 26.9 Å². The van der Waals surface area contributed by atoms with Crippen LogP contribution in [-0.2, 0) is 0 Å². The standard InChI is InChI=1S/C12H14F2O/c1-7(4-9(3)15)10-6-11(13)8(2)5-12(10)14/h4-6,9,15H,1-3H3/b7-4-. The van der Waals surface area contributed by atoms with Gasteiger partial charge in [-0.1, -0.05) is 6.08 Å². The van der Waals surface area contributed by atoms with Gasteiger partial charge in [-0.05, 0) is 44.0 Å². The third-order valence-electron chi connectivity index (χ3n) is 2.16. The van der Waals surface area contributed by atoms with E-state index in [0.29, 0.717) is 5.57 Å². The van der Waals surface area contributed by atoms with Crippen molar-refractivity contribution in [1.29, 1.82) is 0 Å². The molecule has 0 aliphatic rings. The van der Waals surface area contributed by atoms with Gasteiger partial charge in [0.25, 0.3) is 0 Å². The van der Waals surface area contributed by atoms with Crippen LogP contribution in [0.2, 0.25) is 0 Å². The molecule has 0 aliphatic heterocycles. The molecule has 3 heteroatoms. The number of aliphatic hydroxyl groups is 1. The fourth-order valence-corrected chi connectivity index (χ4v) is 1.40. The Morgan fingerprint density at radius 2 is 1.93 bits per heavy atom. The van der Waals surface area contributed by atoms with Gasteiger partial charge in [0.15, 0.2) is 0 Å². The minimum atomic E-state index is -0.672. The first-order valence-corrected chi connectivity index (χ1v) is 4.74. The summed E-state index contributed by atoms with van der Waals surface area (Å²) < 4.78 is 26.6. The molecule has 1 aromatic carbocycles. The summed E-state index contributed by atoms with van der Waals surface area (Å²) in [7, 11) is 0. The number of hydrogen-bond donors (Lipinski definition) is 1. The van der Waals surface area contributed by atoms with Gasteiger partial charge in [0.2, 0.25) is 0 Å². The summed E-state index contributed by atoms with van der Waals surface area (Å²) in [5.74, 6) is -0.909. The van der Waals surface area contributed by atoms with Gasteiger partial charge >= 0.3 is 0 Å². The molecule has 0 fully saturated rings. The van der Waals surface area contributed by atoms with Gasteiger partial charge < -0.3 is 5.11 Å². The molecule has 0 bridgehead atoms. The van der Waals surface area contributed by atoms with Crippen molar-refractivity contribution in [2.75, 3.05) is 0 Å². The Morgan fingerprint density at radius 3 is 2.47 bits per heavy atom. The van der Waals surface area contributed by atoms with E-state index in [1.165, 1.54) is 13.0 Å². The highest BCUT2D eigenvalue weighted by atomic mass is 19.1. The van der Waals surface area contributed by atoms with Crippen LogP contribution in [0.25, 0.3) is 5.57 Å². The first-order chi connectivity index (χ1) is 6.91. The zero-order valence-electron chi connectivity index (χ0n) is 9.01. The smallest absolute Gasteiger partial charge is 0.131 e. The molecule has 82 valence electrons. The molecule has 1 nitrogen and oxygen atoms in total. The van der Waals surface area contributed by atoms with Gasteiger partial charge in [0.05, 0.1) is 6.10 Å². The molecule has 1 aromatic rings. The Hall–Kier alpha value is -1.22. The largest absolute Gasteiger partial charge is 0.389 e. The number of benzene rings is 1. The van der Waals surface area contributed by atoms with Crippen molar-refractivity contribution in [1.82, 2.24) is 0 Å². The summed E-state index contributed by atoms with van der Waals surface area (Å²) in [6.45, 7) is 4.71. The van der Waals surface area contributed by atoms with Gasteiger partial charge in [0, 0.05) is 5.56 Å². The van der Waals surface area contributed by atoms with Crippen molar-refractivity contribution in [3.8, 4) is 0 Å². The molecule has 0 aromatic heterocycles. The average Bonchev–Trinajstić information content (AvgIpc) is 2.09. The summed E-state index contributed by atoms with van der Waals surface area (Å²) in [6.07, 6.45) is 0.807. The van der Waals surface area contributed by atoms with E-state index >= 15 is 0 Å². The van der Waals surface area contributed by atoms with Crippen LogP contribution in [0, 0.1) is 18.6 Å². The summed E-state index contributed by atoms with van der Waals surface area (Å²) in [4.78, 5) is 0. The van der Waals surface area contributed by atoms with Crippen LogP contribution in [0.5, 0.6) is 0 Å². The van der Waals surface area contributed by atoms with E-state index in [0.717, 1.165) is 12.1 Å². The first kappa shape index (κ1) is 11.9. The highest BCUT2D eigenvalue weighted by molar-refractivity contribution is 5.65. The topological polar surface area (TPSA) is 20.2 Å². The minimum absolute atomic E-state index is 0.194.